The normalized spacial score (nSPS) is 19.2. The number of hydrogen-bond donors (Lipinski definition) is 2. The molecule has 0 unspecified atom stereocenters. The van der Waals surface area contributed by atoms with Crippen molar-refractivity contribution in [2.45, 2.75) is 32.2 Å². The molecule has 0 aromatic carbocycles. The van der Waals surface area contributed by atoms with Gasteiger partial charge in [-0.2, -0.15) is 0 Å². The summed E-state index contributed by atoms with van der Waals surface area (Å²) in [7, 11) is 0. The van der Waals surface area contributed by atoms with E-state index in [4.69, 9.17) is 11.6 Å². The van der Waals surface area contributed by atoms with E-state index in [0.717, 1.165) is 12.8 Å². The molecule has 0 amide bonds. The lowest BCUT2D eigenvalue weighted by Crippen LogP contribution is -2.41. The Morgan fingerprint density at radius 1 is 1.56 bits per heavy atom. The summed E-state index contributed by atoms with van der Waals surface area (Å²) in [6.45, 7) is 3.90. The number of hydrogen-bond acceptors (Lipinski definition) is 4. The summed E-state index contributed by atoms with van der Waals surface area (Å²) >= 11 is 5.86. The minimum absolute atomic E-state index is 0.0956. The van der Waals surface area contributed by atoms with Crippen LogP contribution in [0.15, 0.2) is 6.07 Å². The van der Waals surface area contributed by atoms with Crippen LogP contribution in [0, 0.1) is 12.8 Å². The summed E-state index contributed by atoms with van der Waals surface area (Å²) < 4.78 is 0. The molecule has 1 aliphatic carbocycles. The van der Waals surface area contributed by atoms with Crippen molar-refractivity contribution in [3.05, 3.63) is 17.0 Å². The second-order valence-electron chi connectivity index (χ2n) is 4.60. The molecule has 4 nitrogen and oxygen atoms in total. The van der Waals surface area contributed by atoms with Crippen LogP contribution in [0.2, 0.25) is 5.15 Å². The van der Waals surface area contributed by atoms with Crippen molar-refractivity contribution < 1.29 is 5.11 Å². The highest BCUT2D eigenvalue weighted by Gasteiger charge is 2.41. The lowest BCUT2D eigenvalue weighted by molar-refractivity contribution is 0.205. The largest absolute Gasteiger partial charge is 0.394 e. The third-order valence-electron chi connectivity index (χ3n) is 3.03. The maximum atomic E-state index is 9.46. The summed E-state index contributed by atoms with van der Waals surface area (Å²) in [5, 5.41) is 13.1. The third-order valence-corrected chi connectivity index (χ3v) is 3.22. The van der Waals surface area contributed by atoms with E-state index in [1.165, 1.54) is 0 Å². The molecule has 1 atom stereocenters. The van der Waals surface area contributed by atoms with Gasteiger partial charge in [-0.1, -0.05) is 11.6 Å². The highest BCUT2D eigenvalue weighted by molar-refractivity contribution is 6.29. The van der Waals surface area contributed by atoms with Crippen molar-refractivity contribution in [1.82, 2.24) is 9.97 Å². The standard InChI is InChI=1S/C11H16ClN3O/c1-7-13-9(12)5-10(14-7)15-11(2,6-16)8-3-4-8/h5,8,16H,3-4,6H2,1-2H3,(H,13,14,15)/t11-/m0/s1. The molecule has 2 N–H and O–H groups in total. The zero-order valence-corrected chi connectivity index (χ0v) is 10.3. The van der Waals surface area contributed by atoms with Gasteiger partial charge in [0.2, 0.25) is 0 Å². The molecule has 1 aliphatic rings. The van der Waals surface area contributed by atoms with Crippen molar-refractivity contribution in [2.24, 2.45) is 5.92 Å². The summed E-state index contributed by atoms with van der Waals surface area (Å²) in [6.07, 6.45) is 2.31. The van der Waals surface area contributed by atoms with Crippen LogP contribution in [-0.4, -0.2) is 27.2 Å². The van der Waals surface area contributed by atoms with Crippen LogP contribution in [0.1, 0.15) is 25.6 Å². The first-order chi connectivity index (χ1) is 7.53. The molecule has 0 aliphatic heterocycles. The number of nitrogens with one attached hydrogen (secondary N) is 1. The van der Waals surface area contributed by atoms with Gasteiger partial charge in [-0.15, -0.1) is 0 Å². The van der Waals surface area contributed by atoms with E-state index < -0.39 is 0 Å². The Morgan fingerprint density at radius 2 is 2.25 bits per heavy atom. The first-order valence-electron chi connectivity index (χ1n) is 5.44. The summed E-state index contributed by atoms with van der Waals surface area (Å²) in [5.41, 5.74) is -0.301. The van der Waals surface area contributed by atoms with Crippen LogP contribution in [0.4, 0.5) is 5.82 Å². The minimum Gasteiger partial charge on any atom is -0.394 e. The molecule has 1 aromatic rings. The molecule has 16 heavy (non-hydrogen) atoms. The van der Waals surface area contributed by atoms with E-state index in [1.54, 1.807) is 13.0 Å². The maximum absolute atomic E-state index is 9.46. The van der Waals surface area contributed by atoms with E-state index in [9.17, 15) is 5.11 Å². The number of rotatable bonds is 4. The monoisotopic (exact) mass is 241 g/mol. The van der Waals surface area contributed by atoms with E-state index in [-0.39, 0.29) is 12.1 Å². The predicted octanol–water partition coefficient (Wildman–Crippen LogP) is 2.01. The van der Waals surface area contributed by atoms with E-state index >= 15 is 0 Å². The highest BCUT2D eigenvalue weighted by Crippen LogP contribution is 2.41. The molecule has 5 heteroatoms. The summed E-state index contributed by atoms with van der Waals surface area (Å²) in [6, 6.07) is 1.69. The zero-order valence-electron chi connectivity index (χ0n) is 9.50. The van der Waals surface area contributed by atoms with Gasteiger partial charge in [0.25, 0.3) is 0 Å². The van der Waals surface area contributed by atoms with Crippen molar-refractivity contribution in [3.8, 4) is 0 Å². The fourth-order valence-corrected chi connectivity index (χ4v) is 2.10. The number of aliphatic hydroxyl groups excluding tert-OH is 1. The Balaban J connectivity index is 2.18. The number of nitrogens with zero attached hydrogens (tertiary/aromatic N) is 2. The third kappa shape index (κ3) is 2.44. The molecule has 0 spiro atoms. The van der Waals surface area contributed by atoms with E-state index in [1.807, 2.05) is 6.92 Å². The van der Waals surface area contributed by atoms with Crippen LogP contribution in [0.25, 0.3) is 0 Å². The average Bonchev–Trinajstić information content (AvgIpc) is 2.98. The predicted molar refractivity (Wildman–Crippen MR) is 63.6 cm³/mol. The molecule has 1 aromatic heterocycles. The van der Waals surface area contributed by atoms with Crippen molar-refractivity contribution in [3.63, 3.8) is 0 Å². The van der Waals surface area contributed by atoms with Crippen LogP contribution < -0.4 is 5.32 Å². The lowest BCUT2D eigenvalue weighted by Gasteiger charge is -2.29. The number of aromatic nitrogens is 2. The van der Waals surface area contributed by atoms with Gasteiger partial charge in [0, 0.05) is 6.07 Å². The highest BCUT2D eigenvalue weighted by atomic mass is 35.5. The number of aryl methyl sites for hydroxylation is 1. The van der Waals surface area contributed by atoms with Gasteiger partial charge in [0.15, 0.2) is 0 Å². The van der Waals surface area contributed by atoms with Crippen molar-refractivity contribution >= 4 is 17.4 Å². The van der Waals surface area contributed by atoms with Crippen molar-refractivity contribution in [1.29, 1.82) is 0 Å². The average molecular weight is 242 g/mol. The molecule has 0 saturated heterocycles. The lowest BCUT2D eigenvalue weighted by atomic mass is 9.97. The Bertz CT molecular complexity index is 375. The Hall–Kier alpha value is -0.870. The number of aliphatic hydroxyl groups is 1. The van der Waals surface area contributed by atoms with E-state index in [2.05, 4.69) is 15.3 Å². The second kappa shape index (κ2) is 4.18. The first-order valence-corrected chi connectivity index (χ1v) is 5.81. The van der Waals surface area contributed by atoms with Crippen LogP contribution in [0.3, 0.4) is 0 Å². The van der Waals surface area contributed by atoms with Gasteiger partial charge in [0.05, 0.1) is 12.1 Å². The Kier molecular flexibility index (Phi) is 3.04. The fourth-order valence-electron chi connectivity index (χ4n) is 1.88. The van der Waals surface area contributed by atoms with Crippen LogP contribution in [0.5, 0.6) is 0 Å². The molecule has 1 heterocycles. The van der Waals surface area contributed by atoms with Gasteiger partial charge >= 0.3 is 0 Å². The topological polar surface area (TPSA) is 58.0 Å². The molecular weight excluding hydrogens is 226 g/mol. The minimum atomic E-state index is -0.301. The SMILES string of the molecule is Cc1nc(Cl)cc(N[C@@](C)(CO)C2CC2)n1. The molecule has 2 rings (SSSR count). The summed E-state index contributed by atoms with van der Waals surface area (Å²) in [4.78, 5) is 8.26. The number of halogens is 1. The van der Waals surface area contributed by atoms with Gasteiger partial charge < -0.3 is 10.4 Å². The van der Waals surface area contributed by atoms with Gasteiger partial charge in [0.1, 0.15) is 16.8 Å². The Labute approximate surface area is 100 Å². The summed E-state index contributed by atoms with van der Waals surface area (Å²) in [5.74, 6) is 1.83. The van der Waals surface area contributed by atoms with Gasteiger partial charge in [-0.25, -0.2) is 9.97 Å². The second-order valence-corrected chi connectivity index (χ2v) is 4.99. The Morgan fingerprint density at radius 3 is 2.75 bits per heavy atom. The number of anilines is 1. The molecule has 0 bridgehead atoms. The van der Waals surface area contributed by atoms with Crippen molar-refractivity contribution in [2.75, 3.05) is 11.9 Å². The van der Waals surface area contributed by atoms with Crippen LogP contribution in [-0.2, 0) is 0 Å². The van der Waals surface area contributed by atoms with Gasteiger partial charge in [-0.05, 0) is 32.6 Å². The maximum Gasteiger partial charge on any atom is 0.134 e. The fraction of sp³-hybridized carbons (Fsp3) is 0.636. The molecule has 88 valence electrons. The molecule has 0 radical (unpaired) electrons. The van der Waals surface area contributed by atoms with E-state index in [0.29, 0.717) is 22.7 Å². The quantitative estimate of drug-likeness (QED) is 0.792. The van der Waals surface area contributed by atoms with Crippen LogP contribution >= 0.6 is 11.6 Å². The van der Waals surface area contributed by atoms with Gasteiger partial charge in [-0.3, -0.25) is 0 Å². The molecule has 1 saturated carbocycles. The first kappa shape index (κ1) is 11.6. The molecule has 1 fully saturated rings. The zero-order chi connectivity index (χ0) is 11.8. The smallest absolute Gasteiger partial charge is 0.134 e. The molecular formula is C11H16ClN3O.